The van der Waals surface area contributed by atoms with E-state index in [1.165, 1.54) is 18.4 Å². The molecule has 3 rings (SSSR count). The molecule has 0 radical (unpaired) electrons. The summed E-state index contributed by atoms with van der Waals surface area (Å²) in [5, 5.41) is 3.70. The number of hydrogen-bond acceptors (Lipinski definition) is 3. The summed E-state index contributed by atoms with van der Waals surface area (Å²) < 4.78 is 5.44. The lowest BCUT2D eigenvalue weighted by atomic mass is 10.0. The Bertz CT molecular complexity index is 554. The van der Waals surface area contributed by atoms with Crippen molar-refractivity contribution in [2.75, 3.05) is 20.2 Å². The van der Waals surface area contributed by atoms with Gasteiger partial charge in [-0.15, -0.1) is 0 Å². The molecular formula is C20H30N2O2. The van der Waals surface area contributed by atoms with E-state index in [0.717, 1.165) is 44.5 Å². The number of likely N-dealkylation sites (tertiary alicyclic amines) is 1. The van der Waals surface area contributed by atoms with Crippen molar-refractivity contribution >= 4 is 5.91 Å². The van der Waals surface area contributed by atoms with Crippen LogP contribution < -0.4 is 10.1 Å². The van der Waals surface area contributed by atoms with Crippen molar-refractivity contribution in [2.45, 2.75) is 57.5 Å². The van der Waals surface area contributed by atoms with Crippen LogP contribution in [0.25, 0.3) is 0 Å². The van der Waals surface area contributed by atoms with Crippen molar-refractivity contribution in [3.8, 4) is 5.75 Å². The summed E-state index contributed by atoms with van der Waals surface area (Å²) in [4.78, 5) is 14.6. The van der Waals surface area contributed by atoms with Gasteiger partial charge in [0.1, 0.15) is 5.75 Å². The molecule has 1 aliphatic heterocycles. The van der Waals surface area contributed by atoms with Gasteiger partial charge in [-0.05, 0) is 44.2 Å². The fourth-order valence-electron chi connectivity index (χ4n) is 4.19. The highest BCUT2D eigenvalue weighted by Gasteiger charge is 2.32. The van der Waals surface area contributed by atoms with E-state index in [1.54, 1.807) is 7.11 Å². The van der Waals surface area contributed by atoms with E-state index in [-0.39, 0.29) is 0 Å². The molecule has 1 N–H and O–H groups in total. The average molecular weight is 330 g/mol. The minimum atomic E-state index is 0.301. The molecule has 1 saturated heterocycles. The van der Waals surface area contributed by atoms with E-state index in [0.29, 0.717) is 23.9 Å². The second-order valence-corrected chi connectivity index (χ2v) is 7.33. The number of ether oxygens (including phenoxy) is 1. The van der Waals surface area contributed by atoms with Crippen LogP contribution in [-0.4, -0.2) is 43.1 Å². The van der Waals surface area contributed by atoms with Crippen LogP contribution in [0.15, 0.2) is 24.3 Å². The van der Waals surface area contributed by atoms with Gasteiger partial charge in [0.05, 0.1) is 7.11 Å². The molecule has 0 aromatic heterocycles. The Morgan fingerprint density at radius 2 is 2.04 bits per heavy atom. The third-order valence-corrected chi connectivity index (χ3v) is 5.44. The first kappa shape index (κ1) is 17.3. The van der Waals surface area contributed by atoms with Gasteiger partial charge < -0.3 is 15.0 Å². The molecular weight excluding hydrogens is 300 g/mol. The molecule has 1 heterocycles. The number of benzene rings is 1. The molecule has 0 bridgehead atoms. The fourth-order valence-corrected chi connectivity index (χ4v) is 4.19. The maximum atomic E-state index is 12.5. The van der Waals surface area contributed by atoms with Crippen LogP contribution in [0.1, 0.15) is 44.6 Å². The quantitative estimate of drug-likeness (QED) is 0.872. The molecule has 1 aromatic carbocycles. The Labute approximate surface area is 145 Å². The minimum absolute atomic E-state index is 0.301. The number of carbonyl (C=O) groups is 1. The van der Waals surface area contributed by atoms with Crippen molar-refractivity contribution in [1.29, 1.82) is 0 Å². The molecule has 2 aliphatic rings. The zero-order valence-corrected chi connectivity index (χ0v) is 15.0. The predicted molar refractivity (Wildman–Crippen MR) is 96.2 cm³/mol. The molecule has 1 aromatic rings. The lowest BCUT2D eigenvalue weighted by Crippen LogP contribution is -2.41. The van der Waals surface area contributed by atoms with Crippen LogP contribution >= 0.6 is 0 Å². The zero-order chi connectivity index (χ0) is 16.9. The first-order valence-electron chi connectivity index (χ1n) is 9.34. The first-order valence-corrected chi connectivity index (χ1v) is 9.34. The van der Waals surface area contributed by atoms with Gasteiger partial charge in [-0.25, -0.2) is 0 Å². The SMILES string of the molecule is COc1ccccc1C[C@@H](C)N[C@@H]1CCN(C(=O)C2CCCC2)C1. The minimum Gasteiger partial charge on any atom is -0.496 e. The van der Waals surface area contributed by atoms with Gasteiger partial charge in [0.15, 0.2) is 0 Å². The van der Waals surface area contributed by atoms with Gasteiger partial charge in [0, 0.05) is 31.1 Å². The van der Waals surface area contributed by atoms with Gasteiger partial charge in [0.25, 0.3) is 0 Å². The number of rotatable bonds is 6. The van der Waals surface area contributed by atoms with E-state index >= 15 is 0 Å². The van der Waals surface area contributed by atoms with Crippen LogP contribution in [0.5, 0.6) is 5.75 Å². The van der Waals surface area contributed by atoms with Crippen LogP contribution in [0.2, 0.25) is 0 Å². The molecule has 1 saturated carbocycles. The molecule has 2 fully saturated rings. The van der Waals surface area contributed by atoms with Crippen LogP contribution in [0.4, 0.5) is 0 Å². The van der Waals surface area contributed by atoms with E-state index in [9.17, 15) is 4.79 Å². The highest BCUT2D eigenvalue weighted by atomic mass is 16.5. The summed E-state index contributed by atoms with van der Waals surface area (Å²) in [7, 11) is 1.72. The Morgan fingerprint density at radius 3 is 2.79 bits per heavy atom. The number of methoxy groups -OCH3 is 1. The van der Waals surface area contributed by atoms with Crippen molar-refractivity contribution in [2.24, 2.45) is 5.92 Å². The molecule has 2 atom stereocenters. The Kier molecular flexibility index (Phi) is 5.77. The van der Waals surface area contributed by atoms with Crippen molar-refractivity contribution in [3.63, 3.8) is 0 Å². The fraction of sp³-hybridized carbons (Fsp3) is 0.650. The van der Waals surface area contributed by atoms with Gasteiger partial charge in [-0.2, -0.15) is 0 Å². The number of para-hydroxylation sites is 1. The van der Waals surface area contributed by atoms with Gasteiger partial charge >= 0.3 is 0 Å². The molecule has 4 nitrogen and oxygen atoms in total. The largest absolute Gasteiger partial charge is 0.496 e. The summed E-state index contributed by atoms with van der Waals surface area (Å²) in [6.07, 6.45) is 6.64. The lowest BCUT2D eigenvalue weighted by molar-refractivity contribution is -0.134. The monoisotopic (exact) mass is 330 g/mol. The second kappa shape index (κ2) is 8.02. The van der Waals surface area contributed by atoms with E-state index < -0.39 is 0 Å². The predicted octanol–water partition coefficient (Wildman–Crippen LogP) is 3.01. The summed E-state index contributed by atoms with van der Waals surface area (Å²) in [5.41, 5.74) is 1.23. The first-order chi connectivity index (χ1) is 11.7. The highest BCUT2D eigenvalue weighted by molar-refractivity contribution is 5.79. The molecule has 0 spiro atoms. The summed E-state index contributed by atoms with van der Waals surface area (Å²) in [5.74, 6) is 1.65. The number of nitrogens with one attached hydrogen (secondary N) is 1. The van der Waals surface area contributed by atoms with Crippen LogP contribution in [0, 0.1) is 5.92 Å². The van der Waals surface area contributed by atoms with Gasteiger partial charge in [0.2, 0.25) is 5.91 Å². The maximum absolute atomic E-state index is 12.5. The lowest BCUT2D eigenvalue weighted by Gasteiger charge is -2.23. The standard InChI is InChI=1S/C20H30N2O2/c1-15(13-17-9-5-6-10-19(17)24-2)21-18-11-12-22(14-18)20(23)16-7-3-4-8-16/h5-6,9-10,15-16,18,21H,3-4,7-8,11-14H2,1-2H3/t15-,18-/m1/s1. The number of carbonyl (C=O) groups excluding carboxylic acids is 1. The number of hydrogen-bond donors (Lipinski definition) is 1. The normalized spacial score (nSPS) is 22.8. The molecule has 1 aliphatic carbocycles. The van der Waals surface area contributed by atoms with Crippen LogP contribution in [-0.2, 0) is 11.2 Å². The smallest absolute Gasteiger partial charge is 0.225 e. The van der Waals surface area contributed by atoms with E-state index in [1.807, 2.05) is 12.1 Å². The van der Waals surface area contributed by atoms with Gasteiger partial charge in [-0.3, -0.25) is 4.79 Å². The molecule has 0 unspecified atom stereocenters. The Morgan fingerprint density at radius 1 is 1.29 bits per heavy atom. The Hall–Kier alpha value is -1.55. The molecule has 4 heteroatoms. The highest BCUT2D eigenvalue weighted by Crippen LogP contribution is 2.28. The summed E-state index contributed by atoms with van der Waals surface area (Å²) in [6.45, 7) is 3.99. The topological polar surface area (TPSA) is 41.6 Å². The second-order valence-electron chi connectivity index (χ2n) is 7.33. The summed E-state index contributed by atoms with van der Waals surface area (Å²) >= 11 is 0. The zero-order valence-electron chi connectivity index (χ0n) is 15.0. The average Bonchev–Trinajstić information content (AvgIpc) is 3.26. The third-order valence-electron chi connectivity index (χ3n) is 5.44. The molecule has 24 heavy (non-hydrogen) atoms. The van der Waals surface area contributed by atoms with E-state index in [4.69, 9.17) is 4.74 Å². The van der Waals surface area contributed by atoms with Crippen molar-refractivity contribution in [3.05, 3.63) is 29.8 Å². The maximum Gasteiger partial charge on any atom is 0.225 e. The molecule has 1 amide bonds. The number of nitrogens with zero attached hydrogens (tertiary/aromatic N) is 1. The Balaban J connectivity index is 1.49. The third kappa shape index (κ3) is 4.10. The summed E-state index contributed by atoms with van der Waals surface area (Å²) in [6, 6.07) is 8.99. The van der Waals surface area contributed by atoms with Gasteiger partial charge in [-0.1, -0.05) is 31.0 Å². The molecule has 132 valence electrons. The van der Waals surface area contributed by atoms with Crippen LogP contribution in [0.3, 0.4) is 0 Å². The van der Waals surface area contributed by atoms with Crippen molar-refractivity contribution in [1.82, 2.24) is 10.2 Å². The van der Waals surface area contributed by atoms with Crippen molar-refractivity contribution < 1.29 is 9.53 Å². The number of amides is 1. The van der Waals surface area contributed by atoms with E-state index in [2.05, 4.69) is 29.3 Å².